The van der Waals surface area contributed by atoms with Crippen LogP contribution in [0, 0.1) is 10.1 Å². The van der Waals surface area contributed by atoms with Crippen molar-refractivity contribution in [1.29, 1.82) is 0 Å². The summed E-state index contributed by atoms with van der Waals surface area (Å²) in [6, 6.07) is 1.26. The van der Waals surface area contributed by atoms with Gasteiger partial charge in [-0.1, -0.05) is 12.2 Å². The lowest BCUT2D eigenvalue weighted by atomic mass is 10.0. The van der Waals surface area contributed by atoms with E-state index in [0.29, 0.717) is 4.47 Å². The van der Waals surface area contributed by atoms with Crippen molar-refractivity contribution in [3.63, 3.8) is 0 Å². The number of allylic oxidation sites excluding steroid dienone is 1. The predicted octanol–water partition coefficient (Wildman–Crippen LogP) is 2.59. The van der Waals surface area contributed by atoms with Gasteiger partial charge in [0.05, 0.1) is 10.0 Å². The number of hydrogen-bond acceptors (Lipinski definition) is 4. The molecule has 1 heterocycles. The van der Waals surface area contributed by atoms with Crippen LogP contribution in [0.1, 0.15) is 29.6 Å². The standard InChI is InChI=1S/C12H12BrN3O3/c13-10-7-14-11(16(18)19)6-9(10)12(17)15-8-4-2-1-3-5-8/h1-2,6-8H,3-5H2,(H,15,17). The van der Waals surface area contributed by atoms with Gasteiger partial charge in [-0.05, 0) is 45.1 Å². The molecule has 1 aliphatic rings. The van der Waals surface area contributed by atoms with E-state index in [9.17, 15) is 14.9 Å². The van der Waals surface area contributed by atoms with Gasteiger partial charge in [0.2, 0.25) is 0 Å². The number of nitro groups is 1. The molecule has 0 saturated heterocycles. The summed E-state index contributed by atoms with van der Waals surface area (Å²) in [5.41, 5.74) is 0.233. The van der Waals surface area contributed by atoms with E-state index in [1.807, 2.05) is 6.08 Å². The monoisotopic (exact) mass is 325 g/mol. The van der Waals surface area contributed by atoms with Crippen LogP contribution >= 0.6 is 15.9 Å². The van der Waals surface area contributed by atoms with E-state index in [0.717, 1.165) is 19.3 Å². The summed E-state index contributed by atoms with van der Waals surface area (Å²) in [6.07, 6.45) is 7.98. The number of hydrogen-bond donors (Lipinski definition) is 1. The second-order valence-electron chi connectivity index (χ2n) is 4.23. The van der Waals surface area contributed by atoms with E-state index in [1.54, 1.807) is 0 Å². The van der Waals surface area contributed by atoms with Crippen LogP contribution in [0.2, 0.25) is 0 Å². The molecule has 0 fully saturated rings. The molecule has 1 atom stereocenters. The quantitative estimate of drug-likeness (QED) is 0.525. The van der Waals surface area contributed by atoms with Crippen LogP contribution in [0.15, 0.2) is 28.9 Å². The minimum atomic E-state index is -0.618. The molecule has 1 aromatic heterocycles. The Balaban J connectivity index is 2.15. The van der Waals surface area contributed by atoms with Crippen molar-refractivity contribution in [2.45, 2.75) is 25.3 Å². The maximum absolute atomic E-state index is 12.1. The van der Waals surface area contributed by atoms with Crippen LogP contribution in [-0.4, -0.2) is 21.9 Å². The molecular formula is C12H12BrN3O3. The first-order chi connectivity index (χ1) is 9.08. The van der Waals surface area contributed by atoms with Gasteiger partial charge in [0.15, 0.2) is 6.20 Å². The maximum atomic E-state index is 12.1. The molecule has 1 aliphatic carbocycles. The van der Waals surface area contributed by atoms with Gasteiger partial charge in [-0.15, -0.1) is 0 Å². The first-order valence-corrected chi connectivity index (χ1v) is 6.63. The van der Waals surface area contributed by atoms with Gasteiger partial charge in [0.25, 0.3) is 5.91 Å². The van der Waals surface area contributed by atoms with Crippen molar-refractivity contribution >= 4 is 27.7 Å². The van der Waals surface area contributed by atoms with E-state index in [-0.39, 0.29) is 23.3 Å². The molecular weight excluding hydrogens is 314 g/mol. The van der Waals surface area contributed by atoms with Crippen molar-refractivity contribution in [2.24, 2.45) is 0 Å². The van der Waals surface area contributed by atoms with Gasteiger partial charge in [-0.2, -0.15) is 0 Å². The second kappa shape index (κ2) is 5.92. The van der Waals surface area contributed by atoms with Gasteiger partial charge in [-0.25, -0.2) is 0 Å². The predicted molar refractivity (Wildman–Crippen MR) is 72.8 cm³/mol. The number of halogens is 1. The van der Waals surface area contributed by atoms with Gasteiger partial charge in [0.1, 0.15) is 0 Å². The average Bonchev–Trinajstić information content (AvgIpc) is 2.40. The number of carbonyl (C=O) groups is 1. The molecule has 1 aromatic rings. The Morgan fingerprint density at radius 1 is 1.53 bits per heavy atom. The van der Waals surface area contributed by atoms with Crippen LogP contribution in [0.4, 0.5) is 5.82 Å². The fourth-order valence-corrected chi connectivity index (χ4v) is 2.29. The van der Waals surface area contributed by atoms with Crippen molar-refractivity contribution in [3.05, 3.63) is 44.6 Å². The third-order valence-corrected chi connectivity index (χ3v) is 3.51. The molecule has 6 nitrogen and oxygen atoms in total. The van der Waals surface area contributed by atoms with Crippen LogP contribution < -0.4 is 5.32 Å². The summed E-state index contributed by atoms with van der Waals surface area (Å²) in [5.74, 6) is -0.658. The highest BCUT2D eigenvalue weighted by molar-refractivity contribution is 9.10. The summed E-state index contributed by atoms with van der Waals surface area (Å²) >= 11 is 3.19. The zero-order valence-electron chi connectivity index (χ0n) is 10.0. The highest BCUT2D eigenvalue weighted by Gasteiger charge is 2.20. The lowest BCUT2D eigenvalue weighted by Crippen LogP contribution is -2.35. The summed E-state index contributed by atoms with van der Waals surface area (Å²) in [6.45, 7) is 0. The van der Waals surface area contributed by atoms with E-state index >= 15 is 0 Å². The Morgan fingerprint density at radius 3 is 2.95 bits per heavy atom. The van der Waals surface area contributed by atoms with Crippen LogP contribution in [0.25, 0.3) is 0 Å². The van der Waals surface area contributed by atoms with Crippen LogP contribution in [0.5, 0.6) is 0 Å². The Bertz CT molecular complexity index is 545. The van der Waals surface area contributed by atoms with Crippen molar-refractivity contribution in [3.8, 4) is 0 Å². The number of carbonyl (C=O) groups excluding carboxylic acids is 1. The van der Waals surface area contributed by atoms with Gasteiger partial charge >= 0.3 is 5.82 Å². The minimum absolute atomic E-state index is 0.0802. The second-order valence-corrected chi connectivity index (χ2v) is 5.09. The molecule has 0 bridgehead atoms. The Morgan fingerprint density at radius 2 is 2.32 bits per heavy atom. The van der Waals surface area contributed by atoms with Crippen molar-refractivity contribution < 1.29 is 9.72 Å². The molecule has 2 rings (SSSR count). The molecule has 1 unspecified atom stereocenters. The van der Waals surface area contributed by atoms with E-state index < -0.39 is 4.92 Å². The Labute approximate surface area is 118 Å². The van der Waals surface area contributed by atoms with Crippen molar-refractivity contribution in [1.82, 2.24) is 10.3 Å². The molecule has 19 heavy (non-hydrogen) atoms. The van der Waals surface area contributed by atoms with Crippen LogP contribution in [0.3, 0.4) is 0 Å². The molecule has 0 radical (unpaired) electrons. The molecule has 1 amide bonds. The molecule has 1 N–H and O–H groups in total. The zero-order chi connectivity index (χ0) is 13.8. The summed E-state index contributed by atoms with van der Waals surface area (Å²) < 4.78 is 0.446. The van der Waals surface area contributed by atoms with Gasteiger partial charge in [-0.3, -0.25) is 4.79 Å². The summed E-state index contributed by atoms with van der Waals surface area (Å²) in [4.78, 5) is 25.8. The third kappa shape index (κ3) is 3.37. The SMILES string of the molecule is O=C(NC1CC=CCC1)c1cc([N+](=O)[O-])ncc1Br. The first-order valence-electron chi connectivity index (χ1n) is 5.83. The Hall–Kier alpha value is -1.76. The molecule has 100 valence electrons. The third-order valence-electron chi connectivity index (χ3n) is 2.88. The Kier molecular flexibility index (Phi) is 4.26. The van der Waals surface area contributed by atoms with Crippen LogP contribution in [-0.2, 0) is 0 Å². The first kappa shape index (κ1) is 13.7. The highest BCUT2D eigenvalue weighted by atomic mass is 79.9. The van der Waals surface area contributed by atoms with Crippen molar-refractivity contribution in [2.75, 3.05) is 0 Å². The fraction of sp³-hybridized carbons (Fsp3) is 0.333. The molecule has 0 spiro atoms. The normalized spacial score (nSPS) is 18.1. The summed E-state index contributed by atoms with van der Waals surface area (Å²) in [5, 5.41) is 13.5. The van der Waals surface area contributed by atoms with Gasteiger partial charge < -0.3 is 15.4 Å². The summed E-state index contributed by atoms with van der Waals surface area (Å²) in [7, 11) is 0. The molecule has 7 heteroatoms. The molecule has 0 aromatic carbocycles. The topological polar surface area (TPSA) is 85.1 Å². The largest absolute Gasteiger partial charge is 0.364 e. The number of pyridine rings is 1. The zero-order valence-corrected chi connectivity index (χ0v) is 11.6. The lowest BCUT2D eigenvalue weighted by Gasteiger charge is -2.19. The maximum Gasteiger partial charge on any atom is 0.364 e. The average molecular weight is 326 g/mol. The number of rotatable bonds is 3. The van der Waals surface area contributed by atoms with E-state index in [1.165, 1.54) is 12.3 Å². The van der Waals surface area contributed by atoms with Gasteiger partial charge in [0, 0.05) is 12.1 Å². The minimum Gasteiger partial charge on any atom is -0.358 e. The molecule has 0 aliphatic heterocycles. The highest BCUT2D eigenvalue weighted by Crippen LogP contribution is 2.20. The number of aromatic nitrogens is 1. The number of nitrogens with zero attached hydrogens (tertiary/aromatic N) is 2. The number of amides is 1. The fourth-order valence-electron chi connectivity index (χ4n) is 1.89. The van der Waals surface area contributed by atoms with E-state index in [4.69, 9.17) is 0 Å². The van der Waals surface area contributed by atoms with E-state index in [2.05, 4.69) is 32.3 Å². The molecule has 0 saturated carbocycles. The lowest BCUT2D eigenvalue weighted by molar-refractivity contribution is -0.389. The number of nitrogens with one attached hydrogen (secondary N) is 1. The smallest absolute Gasteiger partial charge is 0.358 e.